The highest BCUT2D eigenvalue weighted by Gasteiger charge is 2.12. The molecule has 0 unspecified atom stereocenters. The van der Waals surface area contributed by atoms with Crippen LogP contribution in [0.5, 0.6) is 0 Å². The molecule has 0 saturated carbocycles. The van der Waals surface area contributed by atoms with Crippen molar-refractivity contribution < 1.29 is 19.1 Å². The van der Waals surface area contributed by atoms with E-state index in [1.165, 1.54) is 61.5 Å². The number of carbonyl (C=O) groups excluding carboxylic acids is 2. The molecule has 0 aliphatic carbocycles. The molecule has 0 heterocycles. The molecule has 4 nitrogen and oxygen atoms in total. The average Bonchev–Trinajstić information content (AvgIpc) is 3.05. The van der Waals surface area contributed by atoms with Gasteiger partial charge in [0.15, 0.2) is 0 Å². The van der Waals surface area contributed by atoms with Crippen LogP contribution < -0.4 is 0 Å². The van der Waals surface area contributed by atoms with Crippen LogP contribution in [-0.2, 0) is 32.1 Å². The Hall–Kier alpha value is -4.96. The number of ether oxygens (including phenoxy) is 2. The molecule has 0 aromatic heterocycles. The molecule has 0 N–H and O–H groups in total. The average molecular weight is 569 g/mol. The van der Waals surface area contributed by atoms with Gasteiger partial charge in [0.1, 0.15) is 6.61 Å². The van der Waals surface area contributed by atoms with Gasteiger partial charge in [0, 0.05) is 12.2 Å². The molecule has 0 fully saturated rings. The topological polar surface area (TPSA) is 52.6 Å². The van der Waals surface area contributed by atoms with Crippen molar-refractivity contribution in [3.05, 3.63) is 132 Å². The molecule has 5 aromatic rings. The second-order valence-electron chi connectivity index (χ2n) is 10.8. The van der Waals surface area contributed by atoms with Gasteiger partial charge in [-0.25, -0.2) is 9.59 Å². The lowest BCUT2D eigenvalue weighted by Crippen LogP contribution is -2.02. The van der Waals surface area contributed by atoms with Gasteiger partial charge in [-0.3, -0.25) is 0 Å². The Morgan fingerprint density at radius 1 is 0.581 bits per heavy atom. The van der Waals surface area contributed by atoms with Gasteiger partial charge in [0.25, 0.3) is 0 Å². The maximum absolute atomic E-state index is 11.4. The van der Waals surface area contributed by atoms with Crippen LogP contribution in [0.1, 0.15) is 35.1 Å². The van der Waals surface area contributed by atoms with Gasteiger partial charge in [-0.1, -0.05) is 86.0 Å². The molecule has 0 bridgehead atoms. The van der Waals surface area contributed by atoms with Crippen molar-refractivity contribution in [2.75, 3.05) is 6.61 Å². The van der Waals surface area contributed by atoms with Gasteiger partial charge < -0.3 is 9.47 Å². The minimum Gasteiger partial charge on any atom is -0.463 e. The lowest BCUT2D eigenvalue weighted by Gasteiger charge is -2.15. The Morgan fingerprint density at radius 3 is 1.56 bits per heavy atom. The zero-order valence-corrected chi connectivity index (χ0v) is 24.8. The van der Waals surface area contributed by atoms with Gasteiger partial charge in [-0.15, -0.1) is 0 Å². The van der Waals surface area contributed by atoms with Gasteiger partial charge in [-0.05, 0) is 111 Å². The number of benzene rings is 5. The summed E-state index contributed by atoms with van der Waals surface area (Å²) in [6, 6.07) is 30.3. The van der Waals surface area contributed by atoms with Gasteiger partial charge in [0.2, 0.25) is 0 Å². The molecule has 0 saturated heterocycles. The third-order valence-electron chi connectivity index (χ3n) is 8.09. The predicted molar refractivity (Wildman–Crippen MR) is 176 cm³/mol. The van der Waals surface area contributed by atoms with Gasteiger partial charge in [0.05, 0.1) is 6.61 Å². The summed E-state index contributed by atoms with van der Waals surface area (Å²) >= 11 is 0. The molecule has 5 rings (SSSR count). The minimum atomic E-state index is -0.421. The van der Waals surface area contributed by atoms with E-state index in [1.54, 1.807) is 0 Å². The highest BCUT2D eigenvalue weighted by atomic mass is 16.5. The molecule has 0 atom stereocenters. The van der Waals surface area contributed by atoms with Crippen molar-refractivity contribution >= 4 is 33.5 Å². The van der Waals surface area contributed by atoms with Crippen molar-refractivity contribution in [1.29, 1.82) is 0 Å². The zero-order chi connectivity index (χ0) is 30.3. The first-order valence-electron chi connectivity index (χ1n) is 14.6. The van der Waals surface area contributed by atoms with Gasteiger partial charge in [-0.2, -0.15) is 0 Å². The van der Waals surface area contributed by atoms with Crippen LogP contribution in [-0.4, -0.2) is 18.5 Å². The van der Waals surface area contributed by atoms with Crippen molar-refractivity contribution in [2.24, 2.45) is 0 Å². The summed E-state index contributed by atoms with van der Waals surface area (Å²) in [6.45, 7) is 11.9. The van der Waals surface area contributed by atoms with E-state index in [0.717, 1.165) is 36.0 Å². The molecule has 0 aliphatic rings. The Labute approximate surface area is 253 Å². The molecule has 0 amide bonds. The fraction of sp³-hybridized carbons (Fsp3) is 0.179. The highest BCUT2D eigenvalue weighted by Crippen LogP contribution is 2.37. The van der Waals surface area contributed by atoms with Crippen molar-refractivity contribution in [1.82, 2.24) is 0 Å². The van der Waals surface area contributed by atoms with Crippen LogP contribution >= 0.6 is 0 Å². The van der Waals surface area contributed by atoms with Crippen molar-refractivity contribution in [3.8, 4) is 22.3 Å². The summed E-state index contributed by atoms with van der Waals surface area (Å²) < 4.78 is 10.2. The number of unbranched alkanes of at least 4 members (excludes halogenated alkanes) is 1. The van der Waals surface area contributed by atoms with Crippen LogP contribution in [0.25, 0.3) is 43.8 Å². The third-order valence-corrected chi connectivity index (χ3v) is 8.09. The maximum atomic E-state index is 11.4. The summed E-state index contributed by atoms with van der Waals surface area (Å²) in [5.41, 5.74) is 9.45. The Balaban J connectivity index is 1.35. The minimum absolute atomic E-state index is 0.232. The lowest BCUT2D eigenvalue weighted by molar-refractivity contribution is -0.139. The normalized spacial score (nSPS) is 10.9. The fourth-order valence-corrected chi connectivity index (χ4v) is 5.48. The van der Waals surface area contributed by atoms with E-state index in [2.05, 4.69) is 99.8 Å². The largest absolute Gasteiger partial charge is 0.463 e. The second kappa shape index (κ2) is 13.3. The number of hydrogen-bond acceptors (Lipinski definition) is 4. The monoisotopic (exact) mass is 568 g/mol. The SMILES string of the molecule is C=CC(=O)OCCCCc1ccc(-c2ccc3c(c2)c(C)c(C)c2cc(-c4ccc(COC(=O)C=C)cc4)ccc23)cc1. The fourth-order valence-electron chi connectivity index (χ4n) is 5.48. The quantitative estimate of drug-likeness (QED) is 0.0690. The molecule has 216 valence electrons. The number of esters is 2. The zero-order valence-electron chi connectivity index (χ0n) is 24.8. The number of hydrogen-bond donors (Lipinski definition) is 0. The highest BCUT2D eigenvalue weighted by molar-refractivity contribution is 6.12. The summed E-state index contributed by atoms with van der Waals surface area (Å²) in [4.78, 5) is 22.5. The van der Waals surface area contributed by atoms with Crippen LogP contribution in [0.4, 0.5) is 0 Å². The summed E-state index contributed by atoms with van der Waals surface area (Å²) in [6.07, 6.45) is 5.12. The lowest BCUT2D eigenvalue weighted by atomic mass is 9.89. The van der Waals surface area contributed by atoms with Gasteiger partial charge >= 0.3 is 11.9 Å². The Kier molecular flexibility index (Phi) is 9.17. The van der Waals surface area contributed by atoms with Crippen molar-refractivity contribution in [2.45, 2.75) is 39.7 Å². The van der Waals surface area contributed by atoms with E-state index >= 15 is 0 Å². The predicted octanol–water partition coefficient (Wildman–Crippen LogP) is 9.22. The Bertz CT molecular complexity index is 1810. The van der Waals surface area contributed by atoms with E-state index < -0.39 is 5.97 Å². The summed E-state index contributed by atoms with van der Waals surface area (Å²) in [7, 11) is 0. The van der Waals surface area contributed by atoms with Crippen LogP contribution in [0.2, 0.25) is 0 Å². The molecular formula is C39H36O4. The molecule has 0 spiro atoms. The van der Waals surface area contributed by atoms with E-state index in [4.69, 9.17) is 9.47 Å². The molecule has 0 radical (unpaired) electrons. The van der Waals surface area contributed by atoms with E-state index in [9.17, 15) is 9.59 Å². The number of fused-ring (bicyclic) bond motifs is 3. The van der Waals surface area contributed by atoms with E-state index in [0.29, 0.717) is 6.61 Å². The number of aryl methyl sites for hydroxylation is 3. The first-order chi connectivity index (χ1) is 20.9. The molecular weight excluding hydrogens is 532 g/mol. The Morgan fingerprint density at radius 2 is 1.05 bits per heavy atom. The maximum Gasteiger partial charge on any atom is 0.330 e. The second-order valence-corrected chi connectivity index (χ2v) is 10.8. The van der Waals surface area contributed by atoms with Crippen molar-refractivity contribution in [3.63, 3.8) is 0 Å². The van der Waals surface area contributed by atoms with Crippen LogP contribution in [0, 0.1) is 13.8 Å². The first kappa shape index (κ1) is 29.5. The summed E-state index contributed by atoms with van der Waals surface area (Å²) in [5.74, 6) is -0.785. The molecule has 4 heteroatoms. The number of rotatable bonds is 11. The van der Waals surface area contributed by atoms with E-state index in [1.807, 2.05) is 12.1 Å². The van der Waals surface area contributed by atoms with Crippen LogP contribution in [0.3, 0.4) is 0 Å². The first-order valence-corrected chi connectivity index (χ1v) is 14.6. The van der Waals surface area contributed by atoms with Crippen LogP contribution in [0.15, 0.2) is 110 Å². The number of carbonyl (C=O) groups is 2. The summed E-state index contributed by atoms with van der Waals surface area (Å²) in [5, 5.41) is 5.02. The molecule has 5 aromatic carbocycles. The third kappa shape index (κ3) is 6.76. The van der Waals surface area contributed by atoms with E-state index in [-0.39, 0.29) is 12.6 Å². The molecule has 43 heavy (non-hydrogen) atoms. The molecule has 0 aliphatic heterocycles. The smallest absolute Gasteiger partial charge is 0.330 e. The standard InChI is InChI=1S/C39H36O4/c1-5-38(40)42-22-8-7-9-28-10-14-30(15-11-28)32-18-20-34-35-21-19-33(24-37(35)27(4)26(3)36(34)23-32)31-16-12-29(13-17-31)25-43-39(41)6-2/h5-6,10-21,23-24H,1-2,7-9,22,25H2,3-4H3.